The maximum Gasteiger partial charge on any atom is 0.300 e. The van der Waals surface area contributed by atoms with Crippen molar-refractivity contribution in [1.29, 1.82) is 0 Å². The Morgan fingerprint density at radius 1 is 1.33 bits per heavy atom. The molecule has 0 radical (unpaired) electrons. The van der Waals surface area contributed by atoms with Crippen LogP contribution in [-0.4, -0.2) is 47.1 Å². The summed E-state index contributed by atoms with van der Waals surface area (Å²) in [6.45, 7) is 4.44. The van der Waals surface area contributed by atoms with Gasteiger partial charge in [0.05, 0.1) is 0 Å². The van der Waals surface area contributed by atoms with Gasteiger partial charge in [-0.15, -0.1) is 0 Å². The normalized spacial score (nSPS) is 27.1. The minimum absolute atomic E-state index is 0.551. The Labute approximate surface area is 113 Å². The highest BCUT2D eigenvalue weighted by molar-refractivity contribution is 9.10. The lowest BCUT2D eigenvalue weighted by molar-refractivity contribution is 0.304. The van der Waals surface area contributed by atoms with Crippen LogP contribution in [0.3, 0.4) is 0 Å². The van der Waals surface area contributed by atoms with E-state index in [1.54, 1.807) is 6.20 Å². The molecule has 0 saturated carbocycles. The monoisotopic (exact) mass is 308 g/mol. The molecule has 0 aromatic carbocycles. The average molecular weight is 309 g/mol. The Morgan fingerprint density at radius 2 is 2.28 bits per heavy atom. The van der Waals surface area contributed by atoms with Crippen LogP contribution in [-0.2, 0) is 0 Å². The zero-order chi connectivity index (χ0) is 12.1. The molecule has 2 bridgehead atoms. The summed E-state index contributed by atoms with van der Waals surface area (Å²) in [4.78, 5) is 13.6. The first-order chi connectivity index (χ1) is 8.79. The second-order valence-corrected chi connectivity index (χ2v) is 5.83. The van der Waals surface area contributed by atoms with Crippen LogP contribution in [0.15, 0.2) is 21.2 Å². The number of rotatable bonds is 1. The topological polar surface area (TPSA) is 45.4 Å². The molecule has 1 unspecified atom stereocenters. The van der Waals surface area contributed by atoms with Gasteiger partial charge in [-0.05, 0) is 28.4 Å². The number of fused-ring (bicyclic) bond motifs is 3. The highest BCUT2D eigenvalue weighted by Crippen LogP contribution is 2.29. The molecule has 4 heterocycles. The number of pyridine rings is 1. The van der Waals surface area contributed by atoms with Crippen molar-refractivity contribution < 1.29 is 4.42 Å². The standard InChI is InChI=1S/C12H13BrN4O/c13-8-5-10-11(14-6-8)18-12(15-10)17-4-3-16-2-1-9(17)7-16/h5-6,9H,1-4,7H2/t9-/m0/s1. The number of hydrogen-bond acceptors (Lipinski definition) is 5. The first-order valence-electron chi connectivity index (χ1n) is 6.21. The fourth-order valence-electron chi connectivity index (χ4n) is 2.86. The summed E-state index contributed by atoms with van der Waals surface area (Å²) in [5.74, 6) is 0. The SMILES string of the molecule is Brc1cnc2oc(N3CCN4CC[C@H]3C4)nc2c1. The third-order valence-corrected chi connectivity index (χ3v) is 4.23. The first kappa shape index (κ1) is 10.8. The quantitative estimate of drug-likeness (QED) is 0.805. The molecule has 94 valence electrons. The lowest BCUT2D eigenvalue weighted by Gasteiger charge is -2.32. The maximum atomic E-state index is 5.78. The summed E-state index contributed by atoms with van der Waals surface area (Å²) in [7, 11) is 0. The van der Waals surface area contributed by atoms with Gasteiger partial charge in [0.25, 0.3) is 6.01 Å². The van der Waals surface area contributed by atoms with E-state index in [1.807, 2.05) is 6.07 Å². The molecule has 5 nitrogen and oxygen atoms in total. The zero-order valence-corrected chi connectivity index (χ0v) is 11.4. The summed E-state index contributed by atoms with van der Waals surface area (Å²) >= 11 is 3.41. The van der Waals surface area contributed by atoms with Crippen LogP contribution >= 0.6 is 15.9 Å². The Morgan fingerprint density at radius 3 is 3.22 bits per heavy atom. The summed E-state index contributed by atoms with van der Waals surface area (Å²) in [6, 6.07) is 3.22. The number of anilines is 1. The van der Waals surface area contributed by atoms with Crippen molar-refractivity contribution in [3.8, 4) is 0 Å². The molecule has 4 rings (SSSR count). The Balaban J connectivity index is 1.73. The van der Waals surface area contributed by atoms with E-state index < -0.39 is 0 Å². The molecular formula is C12H13BrN4O. The number of halogens is 1. The Hall–Kier alpha value is -1.14. The molecule has 0 aliphatic carbocycles. The molecule has 0 N–H and O–H groups in total. The second kappa shape index (κ2) is 3.93. The molecule has 0 amide bonds. The first-order valence-corrected chi connectivity index (χ1v) is 7.00. The molecule has 18 heavy (non-hydrogen) atoms. The van der Waals surface area contributed by atoms with E-state index in [2.05, 4.69) is 35.7 Å². The van der Waals surface area contributed by atoms with Crippen LogP contribution in [0.4, 0.5) is 6.01 Å². The third-order valence-electron chi connectivity index (χ3n) is 3.79. The molecule has 2 saturated heterocycles. The number of piperazine rings is 1. The molecule has 2 fully saturated rings. The molecule has 2 atom stereocenters. The number of hydrogen-bond donors (Lipinski definition) is 0. The highest BCUT2D eigenvalue weighted by Gasteiger charge is 2.34. The minimum atomic E-state index is 0.551. The second-order valence-electron chi connectivity index (χ2n) is 4.91. The van der Waals surface area contributed by atoms with Gasteiger partial charge in [0, 0.05) is 42.9 Å². The third kappa shape index (κ3) is 1.63. The molecule has 2 aromatic heterocycles. The van der Waals surface area contributed by atoms with Crippen LogP contribution in [0.25, 0.3) is 11.2 Å². The van der Waals surface area contributed by atoms with Crippen molar-refractivity contribution in [3.05, 3.63) is 16.7 Å². The van der Waals surface area contributed by atoms with E-state index in [9.17, 15) is 0 Å². The lowest BCUT2D eigenvalue weighted by Crippen LogP contribution is -2.46. The number of oxazole rings is 1. The van der Waals surface area contributed by atoms with Gasteiger partial charge in [0.1, 0.15) is 5.52 Å². The van der Waals surface area contributed by atoms with Crippen molar-refractivity contribution in [1.82, 2.24) is 14.9 Å². The van der Waals surface area contributed by atoms with Gasteiger partial charge in [-0.1, -0.05) is 0 Å². The summed E-state index contributed by atoms with van der Waals surface area (Å²) in [5, 5.41) is 0. The molecule has 2 aliphatic heterocycles. The molecule has 2 aliphatic rings. The van der Waals surface area contributed by atoms with E-state index >= 15 is 0 Å². The van der Waals surface area contributed by atoms with E-state index in [0.717, 1.165) is 35.6 Å². The van der Waals surface area contributed by atoms with E-state index in [4.69, 9.17) is 4.42 Å². The van der Waals surface area contributed by atoms with Gasteiger partial charge in [-0.25, -0.2) is 4.98 Å². The van der Waals surface area contributed by atoms with Crippen molar-refractivity contribution in [2.45, 2.75) is 12.5 Å². The predicted molar refractivity (Wildman–Crippen MR) is 71.7 cm³/mol. The van der Waals surface area contributed by atoms with Crippen molar-refractivity contribution in [3.63, 3.8) is 0 Å². The van der Waals surface area contributed by atoms with Crippen LogP contribution in [0, 0.1) is 0 Å². The lowest BCUT2D eigenvalue weighted by atomic mass is 10.2. The highest BCUT2D eigenvalue weighted by atomic mass is 79.9. The smallest absolute Gasteiger partial charge is 0.300 e. The fraction of sp³-hybridized carbons (Fsp3) is 0.500. The van der Waals surface area contributed by atoms with Crippen LogP contribution in [0.2, 0.25) is 0 Å². The molecule has 0 spiro atoms. The largest absolute Gasteiger partial charge is 0.404 e. The molecular weight excluding hydrogens is 296 g/mol. The maximum absolute atomic E-state index is 5.78. The van der Waals surface area contributed by atoms with Crippen molar-refractivity contribution in [2.75, 3.05) is 31.1 Å². The Bertz CT molecular complexity index is 599. The van der Waals surface area contributed by atoms with Gasteiger partial charge < -0.3 is 9.32 Å². The van der Waals surface area contributed by atoms with Gasteiger partial charge in [0.2, 0.25) is 5.71 Å². The summed E-state index contributed by atoms with van der Waals surface area (Å²) < 4.78 is 6.71. The number of aromatic nitrogens is 2. The van der Waals surface area contributed by atoms with E-state index in [1.165, 1.54) is 13.0 Å². The van der Waals surface area contributed by atoms with Crippen molar-refractivity contribution >= 4 is 33.2 Å². The average Bonchev–Trinajstić information content (AvgIpc) is 2.94. The fourth-order valence-corrected chi connectivity index (χ4v) is 3.18. The van der Waals surface area contributed by atoms with Crippen LogP contribution < -0.4 is 4.90 Å². The van der Waals surface area contributed by atoms with Crippen molar-refractivity contribution in [2.24, 2.45) is 0 Å². The summed E-state index contributed by atoms with van der Waals surface area (Å²) in [5.41, 5.74) is 1.44. The van der Waals surface area contributed by atoms with Gasteiger partial charge in [-0.2, -0.15) is 4.98 Å². The van der Waals surface area contributed by atoms with E-state index in [0.29, 0.717) is 11.8 Å². The molecule has 6 heteroatoms. The zero-order valence-electron chi connectivity index (χ0n) is 9.84. The van der Waals surface area contributed by atoms with E-state index in [-0.39, 0.29) is 0 Å². The van der Waals surface area contributed by atoms with Crippen LogP contribution in [0.5, 0.6) is 0 Å². The number of nitrogens with zero attached hydrogens (tertiary/aromatic N) is 4. The predicted octanol–water partition coefficient (Wildman–Crippen LogP) is 1.88. The minimum Gasteiger partial charge on any atom is -0.404 e. The van der Waals surface area contributed by atoms with Gasteiger partial charge in [0.15, 0.2) is 0 Å². The summed E-state index contributed by atoms with van der Waals surface area (Å²) in [6.07, 6.45) is 2.95. The van der Waals surface area contributed by atoms with Gasteiger partial charge in [-0.3, -0.25) is 4.90 Å². The molecule has 2 aromatic rings. The Kier molecular flexibility index (Phi) is 2.35. The van der Waals surface area contributed by atoms with Gasteiger partial charge >= 0.3 is 0 Å². The van der Waals surface area contributed by atoms with Crippen LogP contribution in [0.1, 0.15) is 6.42 Å².